The van der Waals surface area contributed by atoms with Crippen molar-refractivity contribution in [2.24, 2.45) is 12.0 Å². The zero-order valence-corrected chi connectivity index (χ0v) is 22.1. The maximum Gasteiger partial charge on any atom is 0.297 e. The van der Waals surface area contributed by atoms with Gasteiger partial charge >= 0.3 is 0 Å². The average Bonchev–Trinajstić information content (AvgIpc) is 3.37. The summed E-state index contributed by atoms with van der Waals surface area (Å²) in [6.07, 6.45) is 2.49. The third kappa shape index (κ3) is 4.69. The van der Waals surface area contributed by atoms with E-state index < -0.39 is 0 Å². The van der Waals surface area contributed by atoms with Gasteiger partial charge in [-0.1, -0.05) is 47.5 Å². The van der Waals surface area contributed by atoms with Crippen molar-refractivity contribution in [3.63, 3.8) is 0 Å². The summed E-state index contributed by atoms with van der Waals surface area (Å²) in [6.45, 7) is 2.52. The molecule has 0 aliphatic rings. The lowest BCUT2D eigenvalue weighted by Gasteiger charge is -2.11. The second-order valence-electron chi connectivity index (χ2n) is 8.27. The van der Waals surface area contributed by atoms with Crippen LogP contribution in [-0.4, -0.2) is 18.9 Å². The van der Waals surface area contributed by atoms with Gasteiger partial charge in [-0.2, -0.15) is 0 Å². The Bertz CT molecular complexity index is 1650. The Kier molecular flexibility index (Phi) is 6.96. The van der Waals surface area contributed by atoms with Crippen molar-refractivity contribution in [2.75, 3.05) is 0 Å². The lowest BCUT2D eigenvalue weighted by molar-refractivity contribution is 0.630. The van der Waals surface area contributed by atoms with Crippen LogP contribution in [-0.2, 0) is 20.0 Å². The van der Waals surface area contributed by atoms with E-state index in [0.29, 0.717) is 33.5 Å². The van der Waals surface area contributed by atoms with Gasteiger partial charge in [-0.3, -0.25) is 14.5 Å². The number of thiazole rings is 1. The normalized spacial score (nSPS) is 11.8. The number of halogens is 2. The maximum absolute atomic E-state index is 13.5. The molecule has 5 rings (SSSR count). The molecule has 0 aliphatic carbocycles. The molecule has 0 bridgehead atoms. The minimum absolute atomic E-state index is 0.169. The molecule has 9 heteroatoms. The summed E-state index contributed by atoms with van der Waals surface area (Å²) in [4.78, 5) is 23.5. The van der Waals surface area contributed by atoms with Crippen molar-refractivity contribution in [1.29, 1.82) is 0 Å². The molecule has 0 radical (unpaired) electrons. The van der Waals surface area contributed by atoms with E-state index in [2.05, 4.69) is 9.55 Å². The highest BCUT2D eigenvalue weighted by molar-refractivity contribution is 7.07. The summed E-state index contributed by atoms with van der Waals surface area (Å²) < 4.78 is 5.56. The van der Waals surface area contributed by atoms with E-state index in [9.17, 15) is 4.79 Å². The van der Waals surface area contributed by atoms with Gasteiger partial charge in [0.15, 0.2) is 10.5 Å². The van der Waals surface area contributed by atoms with Crippen LogP contribution >= 0.6 is 34.5 Å². The molecule has 0 atom stereocenters. The molecule has 5 aromatic rings. The Labute approximate surface area is 222 Å². The zero-order chi connectivity index (χ0) is 25.2. The first-order valence-corrected chi connectivity index (χ1v) is 13.0. The molecule has 0 saturated carbocycles. The van der Waals surface area contributed by atoms with E-state index in [1.165, 1.54) is 11.3 Å². The van der Waals surface area contributed by atoms with Crippen LogP contribution in [0.1, 0.15) is 11.4 Å². The summed E-state index contributed by atoms with van der Waals surface area (Å²) in [5.74, 6) is 0. The van der Waals surface area contributed by atoms with Crippen molar-refractivity contribution in [3.05, 3.63) is 115 Å². The number of hydrogen-bond donors (Lipinski definition) is 0. The lowest BCUT2D eigenvalue weighted by Crippen LogP contribution is -2.20. The fourth-order valence-electron chi connectivity index (χ4n) is 4.10. The van der Waals surface area contributed by atoms with Crippen LogP contribution in [0.4, 0.5) is 5.69 Å². The highest BCUT2D eigenvalue weighted by atomic mass is 35.5. The van der Waals surface area contributed by atoms with Crippen LogP contribution < -0.4 is 10.4 Å². The monoisotopic (exact) mass is 535 g/mol. The molecule has 0 amide bonds. The van der Waals surface area contributed by atoms with E-state index in [-0.39, 0.29) is 5.56 Å². The van der Waals surface area contributed by atoms with E-state index in [1.54, 1.807) is 16.9 Å². The molecule has 3 aromatic heterocycles. The average molecular weight is 536 g/mol. The molecule has 0 aliphatic heterocycles. The third-order valence-corrected chi connectivity index (χ3v) is 7.47. The Balaban J connectivity index is 1.66. The number of nitrogens with zero attached hydrogens (tertiary/aromatic N) is 5. The van der Waals surface area contributed by atoms with Gasteiger partial charge in [-0.15, -0.1) is 11.3 Å². The van der Waals surface area contributed by atoms with Crippen LogP contribution in [0.3, 0.4) is 0 Å². The van der Waals surface area contributed by atoms with Gasteiger partial charge in [0.1, 0.15) is 0 Å². The molecule has 0 N–H and O–H groups in total. The number of pyridine rings is 1. The molecule has 36 heavy (non-hydrogen) atoms. The minimum Gasteiger partial charge on any atom is -0.316 e. The van der Waals surface area contributed by atoms with Gasteiger partial charge in [0.25, 0.3) is 5.56 Å². The molecule has 3 heterocycles. The Morgan fingerprint density at radius 1 is 1.03 bits per heavy atom. The van der Waals surface area contributed by atoms with Crippen molar-refractivity contribution in [2.45, 2.75) is 19.9 Å². The third-order valence-electron chi connectivity index (χ3n) is 6.05. The molecule has 2 aromatic carbocycles. The van der Waals surface area contributed by atoms with Crippen molar-refractivity contribution < 1.29 is 0 Å². The summed E-state index contributed by atoms with van der Waals surface area (Å²) in [5.41, 5.74) is 4.54. The first-order chi connectivity index (χ1) is 17.4. The highest BCUT2D eigenvalue weighted by Crippen LogP contribution is 2.31. The number of hydrogen-bond acceptors (Lipinski definition) is 4. The largest absolute Gasteiger partial charge is 0.316 e. The maximum atomic E-state index is 13.5. The van der Waals surface area contributed by atoms with Gasteiger partial charge in [0.05, 0.1) is 22.1 Å². The SMILES string of the molecule is Cc1c(N=c2scc(-c3ccc(Cl)cc3Cl)n2CCc2ccccn2)c(=O)n(-c2ccccc2)n1C. The van der Waals surface area contributed by atoms with Crippen LogP contribution in [0.15, 0.2) is 88.1 Å². The molecular formula is C27H23Cl2N5OS. The Morgan fingerprint density at radius 3 is 2.53 bits per heavy atom. The van der Waals surface area contributed by atoms with Gasteiger partial charge < -0.3 is 4.57 Å². The summed E-state index contributed by atoms with van der Waals surface area (Å²) in [7, 11) is 1.87. The summed E-state index contributed by atoms with van der Waals surface area (Å²) in [6, 6.07) is 20.9. The Hall–Kier alpha value is -3.39. The number of rotatable bonds is 6. The fraction of sp³-hybridized carbons (Fsp3) is 0.148. The topological polar surface area (TPSA) is 57.1 Å². The first-order valence-electron chi connectivity index (χ1n) is 11.4. The van der Waals surface area contributed by atoms with E-state index >= 15 is 0 Å². The number of benzene rings is 2. The quantitative estimate of drug-likeness (QED) is 0.260. The van der Waals surface area contributed by atoms with Crippen molar-refractivity contribution in [1.82, 2.24) is 18.9 Å². The minimum atomic E-state index is -0.169. The molecule has 0 spiro atoms. The standard InChI is InChI=1S/C27H23Cl2N5OS/c1-18-25(26(35)34(32(18)2)21-9-4-3-5-10-21)31-27-33(15-13-20-8-6-7-14-30-20)24(17-36-27)22-12-11-19(28)16-23(22)29/h3-12,14,16-17H,13,15H2,1-2H3. The second kappa shape index (κ2) is 10.3. The fourth-order valence-corrected chi connectivity index (χ4v) is 5.54. The summed E-state index contributed by atoms with van der Waals surface area (Å²) >= 11 is 14.2. The van der Waals surface area contributed by atoms with Gasteiger partial charge in [0, 0.05) is 47.9 Å². The predicted octanol–water partition coefficient (Wildman–Crippen LogP) is 6.19. The Morgan fingerprint density at radius 2 is 1.81 bits per heavy atom. The molecule has 0 fully saturated rings. The van der Waals surface area contributed by atoms with Crippen molar-refractivity contribution in [3.8, 4) is 16.9 Å². The smallest absolute Gasteiger partial charge is 0.297 e. The van der Waals surface area contributed by atoms with Crippen LogP contribution in [0.25, 0.3) is 16.9 Å². The molecule has 0 unspecified atom stereocenters. The van der Waals surface area contributed by atoms with Crippen LogP contribution in [0.5, 0.6) is 0 Å². The van der Waals surface area contributed by atoms with Crippen LogP contribution in [0, 0.1) is 6.92 Å². The van der Waals surface area contributed by atoms with Gasteiger partial charge in [0.2, 0.25) is 0 Å². The highest BCUT2D eigenvalue weighted by Gasteiger charge is 2.17. The number of aromatic nitrogens is 4. The number of aryl methyl sites for hydroxylation is 1. The van der Waals surface area contributed by atoms with Gasteiger partial charge in [-0.05, 0) is 49.4 Å². The van der Waals surface area contributed by atoms with Crippen molar-refractivity contribution >= 4 is 40.2 Å². The summed E-state index contributed by atoms with van der Waals surface area (Å²) in [5, 5.41) is 3.14. The van der Waals surface area contributed by atoms with Crippen LogP contribution in [0.2, 0.25) is 10.0 Å². The molecule has 182 valence electrons. The zero-order valence-electron chi connectivity index (χ0n) is 19.7. The lowest BCUT2D eigenvalue weighted by atomic mass is 10.1. The molecule has 6 nitrogen and oxygen atoms in total. The molecule has 0 saturated heterocycles. The van der Waals surface area contributed by atoms with Gasteiger partial charge in [-0.25, -0.2) is 9.67 Å². The molecular weight excluding hydrogens is 513 g/mol. The van der Waals surface area contributed by atoms with E-state index in [1.807, 2.05) is 84.7 Å². The van der Waals surface area contributed by atoms with E-state index in [0.717, 1.165) is 28.3 Å². The van der Waals surface area contributed by atoms with E-state index in [4.69, 9.17) is 28.2 Å². The first kappa shape index (κ1) is 24.3. The number of para-hydroxylation sites is 1. The predicted molar refractivity (Wildman–Crippen MR) is 147 cm³/mol. The second-order valence-corrected chi connectivity index (χ2v) is 9.95.